The van der Waals surface area contributed by atoms with Gasteiger partial charge in [0.25, 0.3) is 0 Å². The molecule has 0 aromatic heterocycles. The number of rotatable bonds is 7. The molecule has 0 atom stereocenters. The standard InChI is InChI=1S/C8H10O7.C4H8/c9-5(10)1-3-7(13)15-8(14)4-2-6(11)12;1-3-4-2/h1-4H2,(H,9,10)(H,11,12);3H,1,4H2,2H3. The largest absolute Gasteiger partial charge is 0.481 e. The predicted molar refractivity (Wildman–Crippen MR) is 65.3 cm³/mol. The second-order valence-electron chi connectivity index (χ2n) is 3.33. The Morgan fingerprint density at radius 1 is 0.947 bits per heavy atom. The first kappa shape index (κ1) is 19.2. The van der Waals surface area contributed by atoms with E-state index >= 15 is 0 Å². The van der Waals surface area contributed by atoms with Crippen LogP contribution in [0.2, 0.25) is 0 Å². The summed E-state index contributed by atoms with van der Waals surface area (Å²) in [6, 6.07) is 0. The highest BCUT2D eigenvalue weighted by atomic mass is 16.6. The van der Waals surface area contributed by atoms with Gasteiger partial charge in [0, 0.05) is 0 Å². The van der Waals surface area contributed by atoms with Crippen LogP contribution in [-0.2, 0) is 23.9 Å². The minimum Gasteiger partial charge on any atom is -0.481 e. The van der Waals surface area contributed by atoms with Gasteiger partial charge in [-0.05, 0) is 6.42 Å². The Morgan fingerprint density at radius 2 is 1.26 bits per heavy atom. The maximum absolute atomic E-state index is 10.7. The molecular weight excluding hydrogens is 256 g/mol. The van der Waals surface area contributed by atoms with E-state index in [1.54, 1.807) is 0 Å². The molecule has 0 radical (unpaired) electrons. The highest BCUT2D eigenvalue weighted by Gasteiger charge is 2.13. The van der Waals surface area contributed by atoms with E-state index < -0.39 is 49.6 Å². The summed E-state index contributed by atoms with van der Waals surface area (Å²) in [6.45, 7) is 5.54. The van der Waals surface area contributed by atoms with Crippen LogP contribution in [0.5, 0.6) is 0 Å². The summed E-state index contributed by atoms with van der Waals surface area (Å²) >= 11 is 0. The van der Waals surface area contributed by atoms with Gasteiger partial charge >= 0.3 is 23.9 Å². The monoisotopic (exact) mass is 274 g/mol. The van der Waals surface area contributed by atoms with Crippen LogP contribution in [-0.4, -0.2) is 34.1 Å². The second-order valence-corrected chi connectivity index (χ2v) is 3.33. The van der Waals surface area contributed by atoms with E-state index in [1.165, 1.54) is 0 Å². The van der Waals surface area contributed by atoms with E-state index in [1.807, 2.05) is 6.08 Å². The lowest BCUT2D eigenvalue weighted by Gasteiger charge is -1.99. The zero-order valence-corrected chi connectivity index (χ0v) is 10.8. The molecule has 19 heavy (non-hydrogen) atoms. The summed E-state index contributed by atoms with van der Waals surface area (Å²) < 4.78 is 4.15. The third-order valence-electron chi connectivity index (χ3n) is 1.60. The lowest BCUT2D eigenvalue weighted by Crippen LogP contribution is -2.14. The fourth-order valence-electron chi connectivity index (χ4n) is 0.647. The molecule has 0 unspecified atom stereocenters. The number of allylic oxidation sites excluding steroid dienone is 1. The van der Waals surface area contributed by atoms with Crippen LogP contribution in [0.4, 0.5) is 0 Å². The summed E-state index contributed by atoms with van der Waals surface area (Å²) in [5.74, 6) is -4.28. The molecule has 2 N–H and O–H groups in total. The zero-order chi connectivity index (χ0) is 15.3. The lowest BCUT2D eigenvalue weighted by molar-refractivity contribution is -0.162. The molecule has 7 nitrogen and oxygen atoms in total. The number of aliphatic carboxylic acids is 2. The van der Waals surface area contributed by atoms with E-state index in [0.29, 0.717) is 0 Å². The first-order valence-electron chi connectivity index (χ1n) is 5.61. The van der Waals surface area contributed by atoms with Gasteiger partial charge in [-0.25, -0.2) is 0 Å². The smallest absolute Gasteiger partial charge is 0.314 e. The quantitative estimate of drug-likeness (QED) is 0.409. The van der Waals surface area contributed by atoms with Gasteiger partial charge in [0.15, 0.2) is 0 Å². The molecule has 0 fully saturated rings. The third kappa shape index (κ3) is 18.4. The van der Waals surface area contributed by atoms with Crippen LogP contribution >= 0.6 is 0 Å². The SMILES string of the molecule is C=CCC.O=C(O)CCC(=O)OC(=O)CCC(=O)O. The van der Waals surface area contributed by atoms with E-state index in [4.69, 9.17) is 10.2 Å². The fraction of sp³-hybridized carbons (Fsp3) is 0.500. The van der Waals surface area contributed by atoms with Crippen molar-refractivity contribution < 1.29 is 34.1 Å². The zero-order valence-electron chi connectivity index (χ0n) is 10.8. The summed E-state index contributed by atoms with van der Waals surface area (Å²) in [6.07, 6.45) is 1.29. The highest BCUT2D eigenvalue weighted by molar-refractivity contribution is 5.88. The Bertz CT molecular complexity index is 305. The van der Waals surface area contributed by atoms with Crippen LogP contribution in [0.3, 0.4) is 0 Å². The van der Waals surface area contributed by atoms with E-state index in [0.717, 1.165) is 6.42 Å². The van der Waals surface area contributed by atoms with Crippen molar-refractivity contribution >= 4 is 23.9 Å². The van der Waals surface area contributed by atoms with Gasteiger partial charge in [-0.3, -0.25) is 19.2 Å². The molecule has 0 spiro atoms. The maximum atomic E-state index is 10.7. The Balaban J connectivity index is 0. The van der Waals surface area contributed by atoms with Crippen molar-refractivity contribution in [1.29, 1.82) is 0 Å². The average molecular weight is 274 g/mol. The van der Waals surface area contributed by atoms with Crippen LogP contribution in [0.25, 0.3) is 0 Å². The number of carboxylic acids is 2. The van der Waals surface area contributed by atoms with Gasteiger partial charge in [0.2, 0.25) is 0 Å². The summed E-state index contributed by atoms with van der Waals surface area (Å²) in [5.41, 5.74) is 0. The van der Waals surface area contributed by atoms with Gasteiger partial charge in [-0.1, -0.05) is 13.0 Å². The van der Waals surface area contributed by atoms with E-state index in [2.05, 4.69) is 18.2 Å². The molecule has 108 valence electrons. The summed E-state index contributed by atoms with van der Waals surface area (Å²) in [4.78, 5) is 41.6. The molecule has 0 aromatic carbocycles. The minimum atomic E-state index is -1.18. The van der Waals surface area contributed by atoms with Crippen molar-refractivity contribution in [2.24, 2.45) is 0 Å². The molecule has 0 amide bonds. The second kappa shape index (κ2) is 12.3. The van der Waals surface area contributed by atoms with Crippen LogP contribution in [0.15, 0.2) is 12.7 Å². The molecule has 0 saturated carbocycles. The normalized spacial score (nSPS) is 8.68. The molecule has 0 aliphatic heterocycles. The topological polar surface area (TPSA) is 118 Å². The minimum absolute atomic E-state index is 0.409. The summed E-state index contributed by atoms with van der Waals surface area (Å²) in [5, 5.41) is 16.4. The maximum Gasteiger partial charge on any atom is 0.314 e. The molecule has 0 aliphatic rings. The molecule has 0 bridgehead atoms. The van der Waals surface area contributed by atoms with Crippen molar-refractivity contribution in [1.82, 2.24) is 0 Å². The molecule has 7 heteroatoms. The van der Waals surface area contributed by atoms with Gasteiger partial charge in [-0.15, -0.1) is 6.58 Å². The number of carbonyl (C=O) groups excluding carboxylic acids is 2. The molecule has 0 rings (SSSR count). The Labute approximate surface area is 110 Å². The van der Waals surface area contributed by atoms with Crippen LogP contribution in [0, 0.1) is 0 Å². The molecule has 0 aliphatic carbocycles. The lowest BCUT2D eigenvalue weighted by atomic mass is 10.3. The van der Waals surface area contributed by atoms with Crippen molar-refractivity contribution in [2.75, 3.05) is 0 Å². The predicted octanol–water partition coefficient (Wildman–Crippen LogP) is 1.37. The summed E-state index contributed by atoms with van der Waals surface area (Å²) in [7, 11) is 0. The van der Waals surface area contributed by atoms with Gasteiger partial charge < -0.3 is 14.9 Å². The first-order valence-corrected chi connectivity index (χ1v) is 5.61. The number of hydrogen-bond acceptors (Lipinski definition) is 5. The Hall–Kier alpha value is -2.18. The van der Waals surface area contributed by atoms with Gasteiger partial charge in [-0.2, -0.15) is 0 Å². The fourth-order valence-corrected chi connectivity index (χ4v) is 0.647. The van der Waals surface area contributed by atoms with Gasteiger partial charge in [0.05, 0.1) is 25.7 Å². The van der Waals surface area contributed by atoms with Crippen molar-refractivity contribution in [3.05, 3.63) is 12.7 Å². The number of carbonyl (C=O) groups is 4. The number of hydrogen-bond donors (Lipinski definition) is 2. The van der Waals surface area contributed by atoms with Crippen molar-refractivity contribution in [3.63, 3.8) is 0 Å². The Morgan fingerprint density at radius 3 is 1.47 bits per heavy atom. The number of esters is 2. The number of carboxylic acid groups (broad SMARTS) is 2. The van der Waals surface area contributed by atoms with Crippen molar-refractivity contribution in [3.8, 4) is 0 Å². The average Bonchev–Trinajstić information content (AvgIpc) is 2.34. The number of ether oxygens (including phenoxy) is 1. The molecular formula is C12H18O7. The Kier molecular flexibility index (Phi) is 12.4. The molecule has 0 saturated heterocycles. The van der Waals surface area contributed by atoms with Crippen LogP contribution in [0.1, 0.15) is 39.0 Å². The molecule has 0 heterocycles. The molecule has 0 aromatic rings. The van der Waals surface area contributed by atoms with Crippen molar-refractivity contribution in [2.45, 2.75) is 39.0 Å². The third-order valence-corrected chi connectivity index (χ3v) is 1.60. The first-order chi connectivity index (χ1) is 8.83. The van der Waals surface area contributed by atoms with E-state index in [9.17, 15) is 19.2 Å². The van der Waals surface area contributed by atoms with Gasteiger partial charge in [0.1, 0.15) is 0 Å². The van der Waals surface area contributed by atoms with E-state index in [-0.39, 0.29) is 0 Å². The highest BCUT2D eigenvalue weighted by Crippen LogP contribution is 1.97. The van der Waals surface area contributed by atoms with Crippen LogP contribution < -0.4 is 0 Å².